The number of piperazine rings is 1. The van der Waals surface area contributed by atoms with Crippen molar-refractivity contribution < 1.29 is 9.47 Å². The van der Waals surface area contributed by atoms with Gasteiger partial charge in [0.25, 0.3) is 0 Å². The normalized spacial score (nSPS) is 21.5. The summed E-state index contributed by atoms with van der Waals surface area (Å²) >= 11 is 3.39. The second kappa shape index (κ2) is 6.89. The first kappa shape index (κ1) is 15.0. The highest BCUT2D eigenvalue weighted by molar-refractivity contribution is 9.10. The summed E-state index contributed by atoms with van der Waals surface area (Å²) in [6, 6.07) is 0.682. The molecule has 1 aromatic rings. The van der Waals surface area contributed by atoms with Crippen molar-refractivity contribution in [1.82, 2.24) is 14.9 Å². The molecule has 0 atom stereocenters. The van der Waals surface area contributed by atoms with Crippen LogP contribution in [0.25, 0.3) is 0 Å². The lowest BCUT2D eigenvalue weighted by molar-refractivity contribution is 0.0320. The zero-order chi connectivity index (χ0) is 14.7. The van der Waals surface area contributed by atoms with E-state index in [4.69, 9.17) is 9.47 Å². The third-order valence-corrected chi connectivity index (χ3v) is 4.74. The van der Waals surface area contributed by atoms with Gasteiger partial charge in [-0.05, 0) is 28.8 Å². The van der Waals surface area contributed by atoms with E-state index in [1.807, 2.05) is 0 Å². The summed E-state index contributed by atoms with van der Waals surface area (Å²) in [5, 5.41) is 0. The predicted molar refractivity (Wildman–Crippen MR) is 83.9 cm³/mol. The van der Waals surface area contributed by atoms with Crippen LogP contribution in [0.15, 0.2) is 10.7 Å². The van der Waals surface area contributed by atoms with Crippen molar-refractivity contribution in [3.63, 3.8) is 0 Å². The lowest BCUT2D eigenvalue weighted by Gasteiger charge is -2.40. The minimum atomic E-state index is 0.590. The van der Waals surface area contributed by atoms with Gasteiger partial charge in [-0.2, -0.15) is 4.98 Å². The fraction of sp³-hybridized carbons (Fsp3) is 0.714. The minimum absolute atomic E-state index is 0.590. The van der Waals surface area contributed by atoms with Gasteiger partial charge in [0.05, 0.1) is 17.8 Å². The smallest absolute Gasteiger partial charge is 0.232 e. The van der Waals surface area contributed by atoms with Gasteiger partial charge < -0.3 is 14.4 Å². The molecule has 0 unspecified atom stereocenters. The Balaban J connectivity index is 1.60. The van der Waals surface area contributed by atoms with E-state index in [-0.39, 0.29) is 0 Å². The zero-order valence-corrected chi connectivity index (χ0v) is 13.9. The van der Waals surface area contributed by atoms with Crippen LogP contribution in [0, 0.1) is 0 Å². The van der Waals surface area contributed by atoms with Gasteiger partial charge in [0.2, 0.25) is 11.8 Å². The summed E-state index contributed by atoms with van der Waals surface area (Å²) in [5.74, 6) is 1.34. The molecule has 116 valence electrons. The van der Waals surface area contributed by atoms with Crippen LogP contribution in [0.5, 0.6) is 5.88 Å². The van der Waals surface area contributed by atoms with Crippen molar-refractivity contribution in [2.24, 2.45) is 0 Å². The fourth-order valence-corrected chi connectivity index (χ4v) is 3.33. The molecule has 3 rings (SSSR count). The van der Waals surface area contributed by atoms with Crippen molar-refractivity contribution in [1.29, 1.82) is 0 Å². The number of methoxy groups -OCH3 is 1. The number of rotatable bonds is 3. The molecule has 0 saturated carbocycles. The molecular weight excluding hydrogens is 336 g/mol. The van der Waals surface area contributed by atoms with Crippen LogP contribution >= 0.6 is 15.9 Å². The first-order valence-corrected chi connectivity index (χ1v) is 8.20. The molecule has 0 aromatic carbocycles. The van der Waals surface area contributed by atoms with Crippen LogP contribution in [0.1, 0.15) is 12.8 Å². The Kier molecular flexibility index (Phi) is 4.92. The molecule has 0 radical (unpaired) electrons. The Hall–Kier alpha value is -0.920. The van der Waals surface area contributed by atoms with Crippen LogP contribution in [0.3, 0.4) is 0 Å². The third-order valence-electron chi connectivity index (χ3n) is 4.20. The SMILES string of the molecule is COc1nc(N2CCN(C3CCOCC3)CC2)ncc1Br. The first-order valence-electron chi connectivity index (χ1n) is 7.41. The highest BCUT2D eigenvalue weighted by Crippen LogP contribution is 2.24. The maximum absolute atomic E-state index is 5.44. The standard InChI is InChI=1S/C14H21BrN4O2/c1-20-13-12(15)10-16-14(17-13)19-6-4-18(5-7-19)11-2-8-21-9-3-11/h10-11H,2-9H2,1H3. The highest BCUT2D eigenvalue weighted by Gasteiger charge is 2.26. The van der Waals surface area contributed by atoms with Crippen molar-refractivity contribution in [3.8, 4) is 5.88 Å². The Morgan fingerprint density at radius 1 is 1.24 bits per heavy atom. The molecule has 3 heterocycles. The Morgan fingerprint density at radius 3 is 2.62 bits per heavy atom. The van der Waals surface area contributed by atoms with E-state index < -0.39 is 0 Å². The number of ether oxygens (including phenoxy) is 2. The van der Waals surface area contributed by atoms with Crippen molar-refractivity contribution in [2.45, 2.75) is 18.9 Å². The molecule has 7 heteroatoms. The first-order chi connectivity index (χ1) is 10.3. The van der Waals surface area contributed by atoms with Gasteiger partial charge in [-0.1, -0.05) is 0 Å². The molecular formula is C14H21BrN4O2. The Morgan fingerprint density at radius 2 is 1.95 bits per heavy atom. The van der Waals surface area contributed by atoms with E-state index >= 15 is 0 Å². The summed E-state index contributed by atoms with van der Waals surface area (Å²) in [4.78, 5) is 13.7. The maximum atomic E-state index is 5.44. The van der Waals surface area contributed by atoms with E-state index in [0.717, 1.165) is 62.7 Å². The van der Waals surface area contributed by atoms with E-state index in [0.29, 0.717) is 11.9 Å². The maximum Gasteiger partial charge on any atom is 0.232 e. The average Bonchev–Trinajstić information content (AvgIpc) is 2.56. The third kappa shape index (κ3) is 3.46. The molecule has 0 amide bonds. The average molecular weight is 357 g/mol. The second-order valence-corrected chi connectivity index (χ2v) is 6.25. The van der Waals surface area contributed by atoms with E-state index in [1.54, 1.807) is 13.3 Å². The molecule has 0 bridgehead atoms. The summed E-state index contributed by atoms with van der Waals surface area (Å²) < 4.78 is 11.5. The number of hydrogen-bond acceptors (Lipinski definition) is 6. The molecule has 6 nitrogen and oxygen atoms in total. The largest absolute Gasteiger partial charge is 0.480 e. The van der Waals surface area contributed by atoms with Gasteiger partial charge in [-0.3, -0.25) is 4.90 Å². The van der Waals surface area contributed by atoms with Crippen LogP contribution in [0.2, 0.25) is 0 Å². The van der Waals surface area contributed by atoms with Crippen molar-refractivity contribution in [2.75, 3.05) is 51.4 Å². The Bertz CT molecular complexity index is 474. The summed E-state index contributed by atoms with van der Waals surface area (Å²) in [6.07, 6.45) is 4.07. The molecule has 0 N–H and O–H groups in total. The van der Waals surface area contributed by atoms with Crippen LogP contribution in [-0.2, 0) is 4.74 Å². The van der Waals surface area contributed by atoms with Crippen molar-refractivity contribution in [3.05, 3.63) is 10.7 Å². The number of anilines is 1. The molecule has 2 saturated heterocycles. The van der Waals surface area contributed by atoms with Gasteiger partial charge in [0, 0.05) is 45.4 Å². The summed E-state index contributed by atoms with van der Waals surface area (Å²) in [5.41, 5.74) is 0. The van der Waals surface area contributed by atoms with Gasteiger partial charge >= 0.3 is 0 Å². The van der Waals surface area contributed by atoms with Crippen LogP contribution in [0.4, 0.5) is 5.95 Å². The van der Waals surface area contributed by atoms with E-state index in [9.17, 15) is 0 Å². The molecule has 1 aromatic heterocycles. The molecule has 2 aliphatic heterocycles. The summed E-state index contributed by atoms with van der Waals surface area (Å²) in [6.45, 7) is 5.85. The monoisotopic (exact) mass is 356 g/mol. The topological polar surface area (TPSA) is 50.7 Å². The number of halogens is 1. The lowest BCUT2D eigenvalue weighted by Crippen LogP contribution is -2.52. The lowest BCUT2D eigenvalue weighted by atomic mass is 10.1. The predicted octanol–water partition coefficient (Wildman–Crippen LogP) is 1.55. The van der Waals surface area contributed by atoms with Crippen LogP contribution < -0.4 is 9.64 Å². The summed E-state index contributed by atoms with van der Waals surface area (Å²) in [7, 11) is 1.62. The van der Waals surface area contributed by atoms with Gasteiger partial charge in [0.1, 0.15) is 0 Å². The molecule has 2 aliphatic rings. The quantitative estimate of drug-likeness (QED) is 0.818. The van der Waals surface area contributed by atoms with E-state index in [1.165, 1.54) is 0 Å². The Labute approximate surface area is 133 Å². The number of aromatic nitrogens is 2. The van der Waals surface area contributed by atoms with Gasteiger partial charge in [-0.15, -0.1) is 0 Å². The molecule has 21 heavy (non-hydrogen) atoms. The zero-order valence-electron chi connectivity index (χ0n) is 12.3. The molecule has 2 fully saturated rings. The van der Waals surface area contributed by atoms with Gasteiger partial charge in [-0.25, -0.2) is 4.98 Å². The van der Waals surface area contributed by atoms with Gasteiger partial charge in [0.15, 0.2) is 0 Å². The number of hydrogen-bond donors (Lipinski definition) is 0. The number of nitrogens with zero attached hydrogens (tertiary/aromatic N) is 4. The molecule has 0 aliphatic carbocycles. The second-order valence-electron chi connectivity index (χ2n) is 5.39. The minimum Gasteiger partial charge on any atom is -0.480 e. The highest BCUT2D eigenvalue weighted by atomic mass is 79.9. The van der Waals surface area contributed by atoms with E-state index in [2.05, 4.69) is 35.7 Å². The fourth-order valence-electron chi connectivity index (χ4n) is 2.98. The van der Waals surface area contributed by atoms with Crippen molar-refractivity contribution >= 4 is 21.9 Å². The van der Waals surface area contributed by atoms with Crippen LogP contribution in [-0.4, -0.2) is 67.4 Å². The molecule has 0 spiro atoms.